The fourth-order valence-electron chi connectivity index (χ4n) is 3.08. The molecule has 2 rings (SSSR count). The molecule has 0 spiro atoms. The minimum absolute atomic E-state index is 0.221. The molecule has 4 heteroatoms. The van der Waals surface area contributed by atoms with Gasteiger partial charge < -0.3 is 10.6 Å². The Labute approximate surface area is 116 Å². The summed E-state index contributed by atoms with van der Waals surface area (Å²) in [7, 11) is 1.91. The Hall–Kier alpha value is -0.870. The van der Waals surface area contributed by atoms with Crippen molar-refractivity contribution in [1.29, 1.82) is 0 Å². The van der Waals surface area contributed by atoms with Gasteiger partial charge in [0, 0.05) is 25.3 Å². The van der Waals surface area contributed by atoms with E-state index in [0.29, 0.717) is 12.5 Å². The topological polar surface area (TPSA) is 49.6 Å². The fraction of sp³-hybridized carbons (Fsp3) is 0.800. The van der Waals surface area contributed by atoms with E-state index < -0.39 is 0 Å². The number of carbonyl (C=O) groups excluding carboxylic acids is 1. The van der Waals surface area contributed by atoms with Crippen LogP contribution >= 0.6 is 0 Å². The van der Waals surface area contributed by atoms with Crippen LogP contribution in [0.25, 0.3) is 0 Å². The van der Waals surface area contributed by atoms with Crippen molar-refractivity contribution >= 4 is 5.91 Å². The summed E-state index contributed by atoms with van der Waals surface area (Å²) in [5, 5.41) is 0. The monoisotopic (exact) mass is 265 g/mol. The van der Waals surface area contributed by atoms with E-state index >= 15 is 0 Å². The van der Waals surface area contributed by atoms with E-state index in [4.69, 9.17) is 5.73 Å². The molecule has 0 radical (unpaired) electrons. The van der Waals surface area contributed by atoms with Crippen molar-refractivity contribution in [3.63, 3.8) is 0 Å². The molecule has 1 aliphatic heterocycles. The molecular weight excluding hydrogens is 238 g/mol. The molecule has 19 heavy (non-hydrogen) atoms. The van der Waals surface area contributed by atoms with Gasteiger partial charge in [-0.3, -0.25) is 9.69 Å². The van der Waals surface area contributed by atoms with Gasteiger partial charge in [0.15, 0.2) is 0 Å². The first-order chi connectivity index (χ1) is 9.08. The number of carbonyl (C=O) groups is 1. The van der Waals surface area contributed by atoms with Crippen molar-refractivity contribution in [3.05, 3.63) is 11.8 Å². The molecule has 2 aliphatic rings. The Kier molecular flexibility index (Phi) is 4.99. The maximum absolute atomic E-state index is 12.3. The van der Waals surface area contributed by atoms with E-state index in [1.807, 2.05) is 11.9 Å². The van der Waals surface area contributed by atoms with Gasteiger partial charge in [-0.15, -0.1) is 0 Å². The van der Waals surface area contributed by atoms with E-state index in [-0.39, 0.29) is 11.9 Å². The largest absolute Gasteiger partial charge is 0.328 e. The third kappa shape index (κ3) is 3.80. The van der Waals surface area contributed by atoms with Crippen molar-refractivity contribution in [2.45, 2.75) is 45.1 Å². The summed E-state index contributed by atoms with van der Waals surface area (Å²) in [5.41, 5.74) is 7.19. The van der Waals surface area contributed by atoms with Crippen molar-refractivity contribution in [2.75, 3.05) is 26.7 Å². The number of amides is 1. The number of nitrogens with zero attached hydrogens (tertiary/aromatic N) is 2. The Balaban J connectivity index is 1.84. The molecule has 0 aromatic rings. The summed E-state index contributed by atoms with van der Waals surface area (Å²) in [6.07, 6.45) is 7.89. The van der Waals surface area contributed by atoms with Crippen molar-refractivity contribution in [3.8, 4) is 0 Å². The summed E-state index contributed by atoms with van der Waals surface area (Å²) in [6.45, 7) is 4.61. The lowest BCUT2D eigenvalue weighted by Gasteiger charge is -2.35. The molecule has 1 fully saturated rings. The first kappa shape index (κ1) is 14.5. The predicted molar refractivity (Wildman–Crippen MR) is 77.5 cm³/mol. The molecule has 1 saturated heterocycles. The van der Waals surface area contributed by atoms with Gasteiger partial charge in [0.1, 0.15) is 0 Å². The summed E-state index contributed by atoms with van der Waals surface area (Å²) >= 11 is 0. The van der Waals surface area contributed by atoms with Gasteiger partial charge in [0.05, 0.1) is 6.54 Å². The minimum atomic E-state index is 0.221. The standard InChI is InChI=1S/C15H27N3O/c1-12(16)13-6-5-9-18(10-13)11-15(19)17(2)14-7-3-4-8-14/h7,12-13H,3-6,8-11,16H2,1-2H3. The van der Waals surface area contributed by atoms with Crippen molar-refractivity contribution in [2.24, 2.45) is 11.7 Å². The summed E-state index contributed by atoms with van der Waals surface area (Å²) in [6, 6.07) is 0.230. The Morgan fingerprint density at radius 2 is 2.37 bits per heavy atom. The van der Waals surface area contributed by atoms with E-state index in [1.54, 1.807) is 0 Å². The van der Waals surface area contributed by atoms with Crippen LogP contribution in [-0.2, 0) is 4.79 Å². The zero-order valence-corrected chi connectivity index (χ0v) is 12.3. The van der Waals surface area contributed by atoms with E-state index in [1.165, 1.54) is 18.5 Å². The molecule has 2 atom stereocenters. The highest BCUT2D eigenvalue weighted by atomic mass is 16.2. The van der Waals surface area contributed by atoms with Crippen molar-refractivity contribution in [1.82, 2.24) is 9.80 Å². The first-order valence-corrected chi connectivity index (χ1v) is 7.51. The molecule has 0 aromatic heterocycles. The average Bonchev–Trinajstić information content (AvgIpc) is 2.92. The molecule has 0 aromatic carbocycles. The van der Waals surface area contributed by atoms with Crippen LogP contribution in [0.3, 0.4) is 0 Å². The van der Waals surface area contributed by atoms with Gasteiger partial charge >= 0.3 is 0 Å². The molecule has 1 amide bonds. The van der Waals surface area contributed by atoms with Crippen LogP contribution in [0.1, 0.15) is 39.0 Å². The summed E-state index contributed by atoms with van der Waals surface area (Å²) in [4.78, 5) is 16.4. The number of likely N-dealkylation sites (tertiary alicyclic amines) is 1. The normalized spacial score (nSPS) is 26.1. The maximum Gasteiger partial charge on any atom is 0.240 e. The fourth-order valence-corrected chi connectivity index (χ4v) is 3.08. The van der Waals surface area contributed by atoms with Crippen LogP contribution in [0.15, 0.2) is 11.8 Å². The highest BCUT2D eigenvalue weighted by Crippen LogP contribution is 2.22. The van der Waals surface area contributed by atoms with Crippen molar-refractivity contribution < 1.29 is 4.79 Å². The van der Waals surface area contributed by atoms with Crippen LogP contribution in [0.4, 0.5) is 0 Å². The van der Waals surface area contributed by atoms with Gasteiger partial charge in [0.2, 0.25) is 5.91 Å². The summed E-state index contributed by atoms with van der Waals surface area (Å²) in [5.74, 6) is 0.760. The molecule has 4 nitrogen and oxygen atoms in total. The highest BCUT2D eigenvalue weighted by molar-refractivity contribution is 5.79. The van der Waals surface area contributed by atoms with E-state index in [2.05, 4.69) is 17.9 Å². The van der Waals surface area contributed by atoms with Crippen LogP contribution in [0.5, 0.6) is 0 Å². The van der Waals surface area contributed by atoms with Gasteiger partial charge in [-0.2, -0.15) is 0 Å². The van der Waals surface area contributed by atoms with Gasteiger partial charge in [0.25, 0.3) is 0 Å². The van der Waals surface area contributed by atoms with Gasteiger partial charge in [-0.1, -0.05) is 6.08 Å². The number of nitrogens with two attached hydrogens (primary N) is 1. The van der Waals surface area contributed by atoms with Crippen LogP contribution < -0.4 is 5.73 Å². The number of rotatable bonds is 4. The van der Waals surface area contributed by atoms with E-state index in [0.717, 1.165) is 32.4 Å². The molecule has 2 unspecified atom stereocenters. The number of piperidine rings is 1. The highest BCUT2D eigenvalue weighted by Gasteiger charge is 2.25. The smallest absolute Gasteiger partial charge is 0.240 e. The average molecular weight is 265 g/mol. The van der Waals surface area contributed by atoms with Crippen LogP contribution in [0, 0.1) is 5.92 Å². The zero-order valence-electron chi connectivity index (χ0n) is 12.3. The quantitative estimate of drug-likeness (QED) is 0.839. The first-order valence-electron chi connectivity index (χ1n) is 7.51. The maximum atomic E-state index is 12.3. The number of allylic oxidation sites excluding steroid dienone is 2. The molecule has 2 N–H and O–H groups in total. The lowest BCUT2D eigenvalue weighted by Crippen LogP contribution is -2.46. The third-order valence-corrected chi connectivity index (χ3v) is 4.47. The Morgan fingerprint density at radius 1 is 1.58 bits per heavy atom. The molecule has 1 heterocycles. The van der Waals surface area contributed by atoms with Gasteiger partial charge in [-0.05, 0) is 51.5 Å². The predicted octanol–water partition coefficient (Wildman–Crippen LogP) is 1.57. The molecule has 108 valence electrons. The molecule has 1 aliphatic carbocycles. The Bertz CT molecular complexity index is 351. The molecule has 0 saturated carbocycles. The Morgan fingerprint density at radius 3 is 3.00 bits per heavy atom. The number of hydrogen-bond acceptors (Lipinski definition) is 3. The lowest BCUT2D eigenvalue weighted by molar-refractivity contribution is -0.129. The molecular formula is C15H27N3O. The zero-order chi connectivity index (χ0) is 13.8. The second kappa shape index (κ2) is 6.53. The van der Waals surface area contributed by atoms with E-state index in [9.17, 15) is 4.79 Å². The van der Waals surface area contributed by atoms with Crippen LogP contribution in [-0.4, -0.2) is 48.4 Å². The lowest BCUT2D eigenvalue weighted by atomic mass is 9.92. The third-order valence-electron chi connectivity index (χ3n) is 4.47. The summed E-state index contributed by atoms with van der Waals surface area (Å²) < 4.78 is 0. The second-order valence-electron chi connectivity index (χ2n) is 6.04. The molecule has 0 bridgehead atoms. The number of hydrogen-bond donors (Lipinski definition) is 1. The minimum Gasteiger partial charge on any atom is -0.328 e. The van der Waals surface area contributed by atoms with Crippen LogP contribution in [0.2, 0.25) is 0 Å². The van der Waals surface area contributed by atoms with Gasteiger partial charge in [-0.25, -0.2) is 0 Å². The second-order valence-corrected chi connectivity index (χ2v) is 6.04. The SMILES string of the molecule is CC(N)C1CCCN(CC(=O)N(C)C2=CCCC2)C1. The number of likely N-dealkylation sites (N-methyl/N-ethyl adjacent to an activating group) is 1.